The van der Waals surface area contributed by atoms with Gasteiger partial charge in [-0.05, 0) is 31.0 Å². The van der Waals surface area contributed by atoms with E-state index in [9.17, 15) is 26.4 Å². The van der Waals surface area contributed by atoms with Gasteiger partial charge in [0.05, 0.1) is 16.8 Å². The van der Waals surface area contributed by atoms with E-state index in [1.54, 1.807) is 0 Å². The van der Waals surface area contributed by atoms with Crippen molar-refractivity contribution in [1.29, 1.82) is 0 Å². The van der Waals surface area contributed by atoms with Crippen LogP contribution in [0.1, 0.15) is 28.8 Å². The standard InChI is InChI=1S/C11H11F3N2O4S/c12-11(13,14)6-1-4-8(10(17)18)9(5-6)16-21(19,20)15-7-2-3-7/h1,4-5,7,15-16H,2-3H2,(H,17,18). The van der Waals surface area contributed by atoms with Gasteiger partial charge in [0.2, 0.25) is 0 Å². The van der Waals surface area contributed by atoms with E-state index in [4.69, 9.17) is 5.11 Å². The maximum absolute atomic E-state index is 12.6. The van der Waals surface area contributed by atoms with E-state index < -0.39 is 39.2 Å². The van der Waals surface area contributed by atoms with Crippen molar-refractivity contribution in [2.45, 2.75) is 25.1 Å². The summed E-state index contributed by atoms with van der Waals surface area (Å²) in [6, 6.07) is 1.48. The van der Waals surface area contributed by atoms with Crippen molar-refractivity contribution < 1.29 is 31.5 Å². The number of anilines is 1. The molecule has 0 heterocycles. The lowest BCUT2D eigenvalue weighted by molar-refractivity contribution is -0.137. The number of carbonyl (C=O) groups is 1. The normalized spacial score (nSPS) is 15.8. The first-order valence-electron chi connectivity index (χ1n) is 5.83. The molecule has 3 N–H and O–H groups in total. The number of carboxylic acid groups (broad SMARTS) is 1. The van der Waals surface area contributed by atoms with Crippen LogP contribution in [0, 0.1) is 0 Å². The van der Waals surface area contributed by atoms with Gasteiger partial charge in [0.1, 0.15) is 0 Å². The van der Waals surface area contributed by atoms with Gasteiger partial charge in [-0.2, -0.15) is 26.3 Å². The summed E-state index contributed by atoms with van der Waals surface area (Å²) in [5, 5.41) is 8.91. The highest BCUT2D eigenvalue weighted by atomic mass is 32.2. The minimum absolute atomic E-state index is 0.262. The Morgan fingerprint density at radius 3 is 2.38 bits per heavy atom. The monoisotopic (exact) mass is 324 g/mol. The van der Waals surface area contributed by atoms with Crippen LogP contribution in [0.2, 0.25) is 0 Å². The Hall–Kier alpha value is -1.81. The Morgan fingerprint density at radius 2 is 1.90 bits per heavy atom. The molecular formula is C11H11F3N2O4S. The molecule has 1 aromatic rings. The van der Waals surface area contributed by atoms with Crippen LogP contribution in [-0.2, 0) is 16.4 Å². The summed E-state index contributed by atoms with van der Waals surface area (Å²) in [6.45, 7) is 0. The van der Waals surface area contributed by atoms with Crippen LogP contribution < -0.4 is 9.44 Å². The first-order valence-corrected chi connectivity index (χ1v) is 7.31. The summed E-state index contributed by atoms with van der Waals surface area (Å²) >= 11 is 0. The number of benzene rings is 1. The molecule has 0 unspecified atom stereocenters. The largest absolute Gasteiger partial charge is 0.478 e. The highest BCUT2D eigenvalue weighted by Crippen LogP contribution is 2.32. The molecule has 0 radical (unpaired) electrons. The van der Waals surface area contributed by atoms with Crippen molar-refractivity contribution in [3.8, 4) is 0 Å². The highest BCUT2D eigenvalue weighted by molar-refractivity contribution is 7.90. The lowest BCUT2D eigenvalue weighted by Crippen LogP contribution is -2.32. The Labute approximate surface area is 118 Å². The molecule has 0 saturated heterocycles. The third kappa shape index (κ3) is 4.08. The van der Waals surface area contributed by atoms with E-state index in [-0.39, 0.29) is 6.04 Å². The van der Waals surface area contributed by atoms with Crippen LogP contribution in [0.25, 0.3) is 0 Å². The van der Waals surface area contributed by atoms with Crippen molar-refractivity contribution in [2.75, 3.05) is 4.72 Å². The number of nitrogens with one attached hydrogen (secondary N) is 2. The van der Waals surface area contributed by atoms with E-state index in [1.807, 2.05) is 4.72 Å². The van der Waals surface area contributed by atoms with Gasteiger partial charge in [-0.25, -0.2) is 4.79 Å². The first-order chi connectivity index (χ1) is 9.58. The van der Waals surface area contributed by atoms with E-state index in [0.29, 0.717) is 31.0 Å². The van der Waals surface area contributed by atoms with Crippen molar-refractivity contribution in [1.82, 2.24) is 4.72 Å². The maximum atomic E-state index is 12.6. The molecular weight excluding hydrogens is 313 g/mol. The van der Waals surface area contributed by atoms with Crippen LogP contribution in [0.4, 0.5) is 18.9 Å². The molecule has 0 amide bonds. The van der Waals surface area contributed by atoms with Crippen molar-refractivity contribution >= 4 is 21.9 Å². The van der Waals surface area contributed by atoms with Gasteiger partial charge in [-0.3, -0.25) is 4.72 Å². The predicted molar refractivity (Wildman–Crippen MR) is 67.1 cm³/mol. The molecule has 1 aromatic carbocycles. The lowest BCUT2D eigenvalue weighted by Gasteiger charge is -2.14. The molecule has 1 aliphatic carbocycles. The van der Waals surface area contributed by atoms with Gasteiger partial charge >= 0.3 is 12.1 Å². The van der Waals surface area contributed by atoms with Crippen LogP contribution in [0.15, 0.2) is 18.2 Å². The SMILES string of the molecule is O=C(O)c1ccc(C(F)(F)F)cc1NS(=O)(=O)NC1CC1. The number of rotatable bonds is 5. The summed E-state index contributed by atoms with van der Waals surface area (Å²) in [4.78, 5) is 11.0. The number of alkyl halides is 3. The molecule has 21 heavy (non-hydrogen) atoms. The summed E-state index contributed by atoms with van der Waals surface area (Å²) < 4.78 is 65.2. The van der Waals surface area contributed by atoms with Gasteiger partial charge in [0, 0.05) is 6.04 Å². The first kappa shape index (κ1) is 15.6. The van der Waals surface area contributed by atoms with Gasteiger partial charge < -0.3 is 5.11 Å². The average molecular weight is 324 g/mol. The highest BCUT2D eigenvalue weighted by Gasteiger charge is 2.33. The summed E-state index contributed by atoms with van der Waals surface area (Å²) in [5.74, 6) is -1.53. The van der Waals surface area contributed by atoms with Crippen LogP contribution in [0.5, 0.6) is 0 Å². The molecule has 1 saturated carbocycles. The molecule has 0 spiro atoms. The number of halogens is 3. The second-order valence-electron chi connectivity index (χ2n) is 4.56. The van der Waals surface area contributed by atoms with Gasteiger partial charge in [0.25, 0.3) is 10.2 Å². The topological polar surface area (TPSA) is 95.5 Å². The van der Waals surface area contributed by atoms with Crippen molar-refractivity contribution in [3.63, 3.8) is 0 Å². The number of hydrogen-bond acceptors (Lipinski definition) is 3. The van der Waals surface area contributed by atoms with E-state index >= 15 is 0 Å². The predicted octanol–water partition coefficient (Wildman–Crippen LogP) is 1.81. The van der Waals surface area contributed by atoms with E-state index in [2.05, 4.69) is 4.72 Å². The molecule has 0 atom stereocenters. The molecule has 1 fully saturated rings. The molecule has 1 aliphatic rings. The molecule has 116 valence electrons. The third-order valence-electron chi connectivity index (χ3n) is 2.72. The zero-order valence-electron chi connectivity index (χ0n) is 10.4. The molecule has 0 aliphatic heterocycles. The third-order valence-corrected chi connectivity index (χ3v) is 3.85. The zero-order valence-corrected chi connectivity index (χ0v) is 11.3. The Bertz CT molecular complexity index is 669. The maximum Gasteiger partial charge on any atom is 0.416 e. The van der Waals surface area contributed by atoms with E-state index in [0.717, 1.165) is 0 Å². The Kier molecular flexibility index (Phi) is 3.85. The van der Waals surface area contributed by atoms with Gasteiger partial charge in [-0.15, -0.1) is 0 Å². The molecule has 0 bridgehead atoms. The quantitative estimate of drug-likeness (QED) is 0.770. The lowest BCUT2D eigenvalue weighted by atomic mass is 10.1. The summed E-state index contributed by atoms with van der Waals surface area (Å²) in [5.41, 5.74) is -2.34. The molecule has 6 nitrogen and oxygen atoms in total. The van der Waals surface area contributed by atoms with Gasteiger partial charge in [-0.1, -0.05) is 0 Å². The van der Waals surface area contributed by atoms with Gasteiger partial charge in [0.15, 0.2) is 0 Å². The zero-order chi connectivity index (χ0) is 15.8. The minimum atomic E-state index is -4.71. The second-order valence-corrected chi connectivity index (χ2v) is 6.01. The second kappa shape index (κ2) is 5.19. The number of hydrogen-bond donors (Lipinski definition) is 3. The number of carboxylic acids is 1. The fourth-order valence-electron chi connectivity index (χ4n) is 1.59. The number of aromatic carboxylic acids is 1. The molecule has 10 heteroatoms. The average Bonchev–Trinajstić information content (AvgIpc) is 3.09. The fourth-order valence-corrected chi connectivity index (χ4v) is 2.78. The van der Waals surface area contributed by atoms with Crippen LogP contribution in [0.3, 0.4) is 0 Å². The van der Waals surface area contributed by atoms with E-state index in [1.165, 1.54) is 0 Å². The molecule has 0 aromatic heterocycles. The van der Waals surface area contributed by atoms with Crippen LogP contribution >= 0.6 is 0 Å². The summed E-state index contributed by atoms with van der Waals surface area (Å²) in [6.07, 6.45) is -3.44. The Morgan fingerprint density at radius 1 is 1.29 bits per heavy atom. The minimum Gasteiger partial charge on any atom is -0.478 e. The van der Waals surface area contributed by atoms with Crippen LogP contribution in [-0.4, -0.2) is 25.5 Å². The molecule has 2 rings (SSSR count). The fraction of sp³-hybridized carbons (Fsp3) is 0.364. The Balaban J connectivity index is 2.36. The summed E-state index contributed by atoms with van der Waals surface area (Å²) in [7, 11) is -4.12. The van der Waals surface area contributed by atoms with Crippen molar-refractivity contribution in [2.24, 2.45) is 0 Å². The smallest absolute Gasteiger partial charge is 0.416 e. The van der Waals surface area contributed by atoms with Crippen molar-refractivity contribution in [3.05, 3.63) is 29.3 Å².